The molecule has 2 heterocycles. The van der Waals surface area contributed by atoms with Crippen LogP contribution >= 0.6 is 0 Å². The van der Waals surface area contributed by atoms with Crippen molar-refractivity contribution in [2.45, 2.75) is 13.0 Å². The molecule has 0 aromatic heterocycles. The molecule has 1 unspecified atom stereocenters. The summed E-state index contributed by atoms with van der Waals surface area (Å²) < 4.78 is 0. The number of nitrogens with one attached hydrogen (secondary N) is 4. The lowest BCUT2D eigenvalue weighted by Gasteiger charge is -2.19. The molecular formula is C9H22N4. The first-order chi connectivity index (χ1) is 6.39. The van der Waals surface area contributed by atoms with E-state index in [1.165, 1.54) is 0 Å². The van der Waals surface area contributed by atoms with Crippen molar-refractivity contribution in [3.63, 3.8) is 0 Å². The summed E-state index contributed by atoms with van der Waals surface area (Å²) >= 11 is 0. The summed E-state index contributed by atoms with van der Waals surface area (Å²) in [5, 5.41) is 13.0. The summed E-state index contributed by atoms with van der Waals surface area (Å²) in [6.45, 7) is 10.1. The van der Waals surface area contributed by atoms with E-state index in [9.17, 15) is 0 Å². The highest BCUT2D eigenvalue weighted by molar-refractivity contribution is 4.69. The number of hydrogen-bond acceptors (Lipinski definition) is 4. The van der Waals surface area contributed by atoms with Crippen molar-refractivity contribution in [3.05, 3.63) is 0 Å². The summed E-state index contributed by atoms with van der Waals surface area (Å²) in [6, 6.07) is 0.675. The van der Waals surface area contributed by atoms with Crippen LogP contribution in [-0.2, 0) is 0 Å². The van der Waals surface area contributed by atoms with Crippen molar-refractivity contribution >= 4 is 0 Å². The molecule has 4 nitrogen and oxygen atoms in total. The highest BCUT2D eigenvalue weighted by Crippen LogP contribution is 1.80. The first kappa shape index (κ1) is 10.9. The monoisotopic (exact) mass is 186 g/mol. The standard InChI is InChI=1S/C5H12N2.C4H10N2/c1-5-4-6-2-3-7-5;1-2-6-4-3-5-1/h5-7H,2-4H2,1H3;5-6H,1-4H2. The molecule has 0 aromatic carbocycles. The molecule has 0 spiro atoms. The summed E-state index contributed by atoms with van der Waals surface area (Å²) in [5.74, 6) is 0. The van der Waals surface area contributed by atoms with E-state index in [1.807, 2.05) is 0 Å². The maximum atomic E-state index is 3.32. The van der Waals surface area contributed by atoms with Crippen molar-refractivity contribution in [2.75, 3.05) is 45.8 Å². The molecule has 78 valence electrons. The Morgan fingerprint density at radius 2 is 1.31 bits per heavy atom. The summed E-state index contributed by atoms with van der Waals surface area (Å²) in [4.78, 5) is 0. The third-order valence-electron chi connectivity index (χ3n) is 2.20. The molecule has 2 aliphatic heterocycles. The molecule has 0 aliphatic carbocycles. The molecule has 2 saturated heterocycles. The lowest BCUT2D eigenvalue weighted by molar-refractivity contribution is 0.442. The fourth-order valence-corrected chi connectivity index (χ4v) is 1.40. The number of hydrogen-bond donors (Lipinski definition) is 4. The Kier molecular flexibility index (Phi) is 6.10. The molecule has 0 bridgehead atoms. The minimum Gasteiger partial charge on any atom is -0.314 e. The molecule has 2 fully saturated rings. The van der Waals surface area contributed by atoms with E-state index in [0.29, 0.717) is 6.04 Å². The first-order valence-corrected chi connectivity index (χ1v) is 5.25. The van der Waals surface area contributed by atoms with Crippen molar-refractivity contribution in [3.8, 4) is 0 Å². The maximum Gasteiger partial charge on any atom is 0.0164 e. The average Bonchev–Trinajstić information content (AvgIpc) is 2.22. The Morgan fingerprint density at radius 1 is 0.769 bits per heavy atom. The van der Waals surface area contributed by atoms with Gasteiger partial charge in [-0.3, -0.25) is 0 Å². The van der Waals surface area contributed by atoms with Gasteiger partial charge < -0.3 is 21.3 Å². The van der Waals surface area contributed by atoms with E-state index in [1.54, 1.807) is 0 Å². The molecule has 1 atom stereocenters. The van der Waals surface area contributed by atoms with Crippen LogP contribution in [0.15, 0.2) is 0 Å². The van der Waals surface area contributed by atoms with Gasteiger partial charge >= 0.3 is 0 Å². The third kappa shape index (κ3) is 5.99. The first-order valence-electron chi connectivity index (χ1n) is 5.25. The van der Waals surface area contributed by atoms with Crippen LogP contribution in [0.3, 0.4) is 0 Å². The van der Waals surface area contributed by atoms with Gasteiger partial charge in [0.1, 0.15) is 0 Å². The third-order valence-corrected chi connectivity index (χ3v) is 2.20. The van der Waals surface area contributed by atoms with E-state index in [4.69, 9.17) is 0 Å². The SMILES string of the molecule is C1CNCCN1.CC1CNCCN1. The fourth-order valence-electron chi connectivity index (χ4n) is 1.40. The van der Waals surface area contributed by atoms with Gasteiger partial charge in [-0.1, -0.05) is 0 Å². The van der Waals surface area contributed by atoms with Crippen LogP contribution in [0.2, 0.25) is 0 Å². The lowest BCUT2D eigenvalue weighted by Crippen LogP contribution is -2.46. The van der Waals surface area contributed by atoms with Crippen LogP contribution < -0.4 is 21.3 Å². The van der Waals surface area contributed by atoms with Crippen LogP contribution in [0.25, 0.3) is 0 Å². The van der Waals surface area contributed by atoms with Gasteiger partial charge in [-0.25, -0.2) is 0 Å². The zero-order chi connectivity index (χ0) is 9.36. The predicted molar refractivity (Wildman–Crippen MR) is 56.1 cm³/mol. The molecule has 2 aliphatic rings. The Balaban J connectivity index is 0.000000132. The zero-order valence-electron chi connectivity index (χ0n) is 8.53. The Hall–Kier alpha value is -0.160. The van der Waals surface area contributed by atoms with Crippen LogP contribution in [0, 0.1) is 0 Å². The fraction of sp³-hybridized carbons (Fsp3) is 1.00. The summed E-state index contributed by atoms with van der Waals surface area (Å²) in [6.07, 6.45) is 0. The van der Waals surface area contributed by atoms with Crippen LogP contribution in [-0.4, -0.2) is 51.9 Å². The topological polar surface area (TPSA) is 48.1 Å². The van der Waals surface area contributed by atoms with Crippen molar-refractivity contribution in [1.29, 1.82) is 0 Å². The predicted octanol–water partition coefficient (Wildman–Crippen LogP) is -1.25. The second-order valence-electron chi connectivity index (χ2n) is 3.56. The van der Waals surface area contributed by atoms with Gasteiger partial charge in [0.2, 0.25) is 0 Å². The van der Waals surface area contributed by atoms with E-state index < -0.39 is 0 Å². The van der Waals surface area contributed by atoms with Crippen molar-refractivity contribution in [2.24, 2.45) is 0 Å². The molecule has 0 radical (unpaired) electrons. The van der Waals surface area contributed by atoms with E-state index in [-0.39, 0.29) is 0 Å². The molecular weight excluding hydrogens is 164 g/mol. The van der Waals surface area contributed by atoms with E-state index in [0.717, 1.165) is 45.8 Å². The van der Waals surface area contributed by atoms with Gasteiger partial charge in [0, 0.05) is 51.9 Å². The lowest BCUT2D eigenvalue weighted by atomic mass is 10.3. The van der Waals surface area contributed by atoms with Crippen LogP contribution in [0.4, 0.5) is 0 Å². The zero-order valence-corrected chi connectivity index (χ0v) is 8.53. The quantitative estimate of drug-likeness (QED) is 0.382. The molecule has 0 saturated carbocycles. The van der Waals surface area contributed by atoms with Crippen LogP contribution in [0.5, 0.6) is 0 Å². The molecule has 0 aromatic rings. The minimum absolute atomic E-state index is 0.675. The van der Waals surface area contributed by atoms with Gasteiger partial charge in [0.15, 0.2) is 0 Å². The van der Waals surface area contributed by atoms with Gasteiger partial charge in [0.25, 0.3) is 0 Å². The number of piperazine rings is 2. The highest BCUT2D eigenvalue weighted by Gasteiger charge is 2.03. The van der Waals surface area contributed by atoms with Crippen molar-refractivity contribution in [1.82, 2.24) is 21.3 Å². The van der Waals surface area contributed by atoms with Gasteiger partial charge in [0.05, 0.1) is 0 Å². The van der Waals surface area contributed by atoms with E-state index in [2.05, 4.69) is 28.2 Å². The molecule has 0 amide bonds. The number of rotatable bonds is 0. The normalized spacial score (nSPS) is 28.8. The van der Waals surface area contributed by atoms with Gasteiger partial charge in [-0.05, 0) is 6.92 Å². The molecule has 13 heavy (non-hydrogen) atoms. The van der Waals surface area contributed by atoms with Gasteiger partial charge in [-0.15, -0.1) is 0 Å². The summed E-state index contributed by atoms with van der Waals surface area (Å²) in [7, 11) is 0. The Labute approximate surface area is 80.9 Å². The minimum atomic E-state index is 0.675. The maximum absolute atomic E-state index is 3.32. The van der Waals surface area contributed by atoms with Crippen LogP contribution in [0.1, 0.15) is 6.92 Å². The second kappa shape index (κ2) is 7.26. The largest absolute Gasteiger partial charge is 0.314 e. The second-order valence-corrected chi connectivity index (χ2v) is 3.56. The van der Waals surface area contributed by atoms with Gasteiger partial charge in [-0.2, -0.15) is 0 Å². The molecule has 2 rings (SSSR count). The summed E-state index contributed by atoms with van der Waals surface area (Å²) in [5.41, 5.74) is 0. The molecule has 4 N–H and O–H groups in total. The molecule has 4 heteroatoms. The Morgan fingerprint density at radius 3 is 1.54 bits per heavy atom. The smallest absolute Gasteiger partial charge is 0.0164 e. The van der Waals surface area contributed by atoms with Crippen molar-refractivity contribution < 1.29 is 0 Å². The van der Waals surface area contributed by atoms with E-state index >= 15 is 0 Å². The average molecular weight is 186 g/mol. The highest BCUT2D eigenvalue weighted by atomic mass is 15.0. The Bertz CT molecular complexity index is 96.7.